The van der Waals surface area contributed by atoms with Crippen molar-refractivity contribution in [3.63, 3.8) is 0 Å². The molecule has 2 aromatic rings. The number of amides is 1. The first-order valence-electron chi connectivity index (χ1n) is 9.26. The topological polar surface area (TPSA) is 129 Å². The predicted octanol–water partition coefficient (Wildman–Crippen LogP) is 3.06. The van der Waals surface area contributed by atoms with Gasteiger partial charge in [-0.2, -0.15) is 0 Å². The average Bonchev–Trinajstić information content (AvgIpc) is 2.63. The Morgan fingerprint density at radius 2 is 1.79 bits per heavy atom. The largest absolute Gasteiger partial charge is 0.508 e. The van der Waals surface area contributed by atoms with Crippen LogP contribution in [0, 0.1) is 12.3 Å². The first kappa shape index (κ1) is 21.1. The number of nitrogens with one attached hydrogen (secondary N) is 2. The molecule has 7 heteroatoms. The molecule has 6 N–H and O–H groups in total. The molecule has 0 saturated carbocycles. The van der Waals surface area contributed by atoms with E-state index in [2.05, 4.69) is 5.32 Å². The first-order valence-corrected chi connectivity index (χ1v) is 9.26. The molecule has 0 heterocycles. The predicted molar refractivity (Wildman–Crippen MR) is 108 cm³/mol. The zero-order chi connectivity index (χ0) is 20.5. The van der Waals surface area contributed by atoms with E-state index >= 15 is 0 Å². The van der Waals surface area contributed by atoms with Gasteiger partial charge in [-0.25, -0.2) is 0 Å². The number of hydrogen-bond acceptors (Lipinski definition) is 5. The minimum atomic E-state index is -0.340. The number of phenolic OH excluding ortho intramolecular Hbond substituents is 2. The van der Waals surface area contributed by atoms with E-state index in [-0.39, 0.29) is 28.8 Å². The number of aryl methyl sites for hydroxylation is 1. The summed E-state index contributed by atoms with van der Waals surface area (Å²) in [4.78, 5) is 12.2. The van der Waals surface area contributed by atoms with Crippen LogP contribution < -0.4 is 15.8 Å². The third-order valence-corrected chi connectivity index (χ3v) is 4.32. The average molecular weight is 385 g/mol. The van der Waals surface area contributed by atoms with Gasteiger partial charge < -0.3 is 26.0 Å². The van der Waals surface area contributed by atoms with Crippen molar-refractivity contribution >= 4 is 11.7 Å². The van der Waals surface area contributed by atoms with Gasteiger partial charge in [-0.05, 0) is 55.7 Å². The second-order valence-electron chi connectivity index (χ2n) is 6.61. The van der Waals surface area contributed by atoms with Crippen molar-refractivity contribution in [1.29, 1.82) is 5.41 Å². The van der Waals surface area contributed by atoms with Crippen molar-refractivity contribution < 1.29 is 19.7 Å². The molecule has 150 valence electrons. The van der Waals surface area contributed by atoms with Crippen LogP contribution in [0.1, 0.15) is 47.2 Å². The van der Waals surface area contributed by atoms with Gasteiger partial charge in [0.05, 0.1) is 12.2 Å². The third kappa shape index (κ3) is 6.19. The highest BCUT2D eigenvalue weighted by Gasteiger charge is 2.14. The van der Waals surface area contributed by atoms with E-state index in [1.54, 1.807) is 31.2 Å². The molecule has 0 saturated heterocycles. The summed E-state index contributed by atoms with van der Waals surface area (Å²) in [6, 6.07) is 9.72. The Kier molecular flexibility index (Phi) is 7.68. The Morgan fingerprint density at radius 1 is 1.11 bits per heavy atom. The summed E-state index contributed by atoms with van der Waals surface area (Å²) in [6.07, 6.45) is 3.66. The quantitative estimate of drug-likeness (QED) is 0.244. The van der Waals surface area contributed by atoms with Crippen molar-refractivity contribution in [2.75, 3.05) is 13.2 Å². The molecule has 0 bridgehead atoms. The van der Waals surface area contributed by atoms with Crippen molar-refractivity contribution in [1.82, 2.24) is 5.32 Å². The molecule has 2 rings (SSSR count). The smallest absolute Gasteiger partial charge is 0.255 e. The lowest BCUT2D eigenvalue weighted by atomic mass is 10.1. The highest BCUT2D eigenvalue weighted by atomic mass is 16.5. The molecule has 0 unspecified atom stereocenters. The van der Waals surface area contributed by atoms with Gasteiger partial charge in [0.2, 0.25) is 0 Å². The number of hydrogen-bond donors (Lipinski definition) is 5. The molecule has 28 heavy (non-hydrogen) atoms. The molecule has 0 aliphatic carbocycles. The molecular weight excluding hydrogens is 358 g/mol. The van der Waals surface area contributed by atoms with Gasteiger partial charge in [-0.15, -0.1) is 0 Å². The van der Waals surface area contributed by atoms with E-state index < -0.39 is 0 Å². The first-order chi connectivity index (χ1) is 13.4. The number of amidine groups is 1. The number of ether oxygens (including phenoxy) is 1. The van der Waals surface area contributed by atoms with Crippen LogP contribution in [0.4, 0.5) is 0 Å². The summed E-state index contributed by atoms with van der Waals surface area (Å²) >= 11 is 0. The van der Waals surface area contributed by atoms with Crippen LogP contribution in [0.15, 0.2) is 36.4 Å². The van der Waals surface area contributed by atoms with E-state index in [4.69, 9.17) is 15.9 Å². The van der Waals surface area contributed by atoms with E-state index in [0.717, 1.165) is 37.5 Å². The Hall–Kier alpha value is -3.22. The van der Waals surface area contributed by atoms with E-state index in [1.807, 2.05) is 0 Å². The van der Waals surface area contributed by atoms with Crippen LogP contribution in [0.3, 0.4) is 0 Å². The summed E-state index contributed by atoms with van der Waals surface area (Å²) in [5, 5.41) is 29.4. The molecule has 2 aromatic carbocycles. The van der Waals surface area contributed by atoms with E-state index in [1.165, 1.54) is 6.07 Å². The SMILES string of the molecule is Cc1cc(O)cc(O)c1C(=O)NCCCCCCOc1ccc(C(=N)N)cc1. The van der Waals surface area contributed by atoms with Crippen LogP contribution >= 0.6 is 0 Å². The molecule has 1 amide bonds. The van der Waals surface area contributed by atoms with Crippen LogP contribution in [0.2, 0.25) is 0 Å². The molecule has 0 aromatic heterocycles. The lowest BCUT2D eigenvalue weighted by Crippen LogP contribution is -2.25. The zero-order valence-corrected chi connectivity index (χ0v) is 16.0. The fraction of sp³-hybridized carbons (Fsp3) is 0.333. The molecule has 0 atom stereocenters. The molecule has 0 aliphatic heterocycles. The van der Waals surface area contributed by atoms with Gasteiger partial charge in [0.25, 0.3) is 5.91 Å². The lowest BCUT2D eigenvalue weighted by molar-refractivity contribution is 0.0949. The van der Waals surface area contributed by atoms with Gasteiger partial charge in [0.1, 0.15) is 23.1 Å². The lowest BCUT2D eigenvalue weighted by Gasteiger charge is -2.10. The van der Waals surface area contributed by atoms with Gasteiger partial charge in [-0.1, -0.05) is 12.8 Å². The Morgan fingerprint density at radius 3 is 2.43 bits per heavy atom. The minimum absolute atomic E-state index is 0.0365. The number of aromatic hydroxyl groups is 2. The Labute approximate surface area is 164 Å². The summed E-state index contributed by atoms with van der Waals surface area (Å²) in [6.45, 7) is 2.79. The summed E-state index contributed by atoms with van der Waals surface area (Å²) in [5.41, 5.74) is 6.81. The normalized spacial score (nSPS) is 10.5. The zero-order valence-electron chi connectivity index (χ0n) is 16.0. The number of nitrogen functional groups attached to an aromatic ring is 1. The van der Waals surface area contributed by atoms with Crippen LogP contribution in [0.5, 0.6) is 17.2 Å². The number of rotatable bonds is 10. The maximum atomic E-state index is 12.2. The fourth-order valence-corrected chi connectivity index (χ4v) is 2.84. The summed E-state index contributed by atoms with van der Waals surface area (Å²) in [5.74, 6) is 0.162. The van der Waals surface area contributed by atoms with E-state index in [9.17, 15) is 15.0 Å². The minimum Gasteiger partial charge on any atom is -0.508 e. The third-order valence-electron chi connectivity index (χ3n) is 4.32. The van der Waals surface area contributed by atoms with Crippen molar-refractivity contribution in [2.24, 2.45) is 5.73 Å². The summed E-state index contributed by atoms with van der Waals surface area (Å²) < 4.78 is 5.65. The number of carbonyl (C=O) groups excluding carboxylic acids is 1. The van der Waals surface area contributed by atoms with Gasteiger partial charge in [0.15, 0.2) is 0 Å². The summed E-state index contributed by atoms with van der Waals surface area (Å²) in [7, 11) is 0. The molecular formula is C21H27N3O4. The Bertz CT molecular complexity index is 796. The van der Waals surface area contributed by atoms with Crippen LogP contribution in [-0.2, 0) is 0 Å². The Balaban J connectivity index is 1.59. The molecule has 0 radical (unpaired) electrons. The van der Waals surface area contributed by atoms with Crippen molar-refractivity contribution in [3.05, 3.63) is 53.1 Å². The number of unbranched alkanes of at least 4 members (excludes halogenated alkanes) is 3. The monoisotopic (exact) mass is 385 g/mol. The maximum Gasteiger partial charge on any atom is 0.255 e. The molecule has 0 spiro atoms. The van der Waals surface area contributed by atoms with Crippen LogP contribution in [0.25, 0.3) is 0 Å². The van der Waals surface area contributed by atoms with Crippen molar-refractivity contribution in [2.45, 2.75) is 32.6 Å². The van der Waals surface area contributed by atoms with Crippen LogP contribution in [-0.4, -0.2) is 35.1 Å². The molecule has 0 aliphatic rings. The second-order valence-corrected chi connectivity index (χ2v) is 6.61. The molecule has 0 fully saturated rings. The number of phenols is 2. The maximum absolute atomic E-state index is 12.2. The molecule has 7 nitrogen and oxygen atoms in total. The number of benzene rings is 2. The van der Waals surface area contributed by atoms with E-state index in [0.29, 0.717) is 24.3 Å². The second kappa shape index (κ2) is 10.2. The number of carbonyl (C=O) groups is 1. The van der Waals surface area contributed by atoms with Gasteiger partial charge in [-0.3, -0.25) is 10.2 Å². The van der Waals surface area contributed by atoms with Gasteiger partial charge in [0, 0.05) is 18.2 Å². The van der Waals surface area contributed by atoms with Gasteiger partial charge >= 0.3 is 0 Å². The number of nitrogens with two attached hydrogens (primary N) is 1. The van der Waals surface area contributed by atoms with Crippen molar-refractivity contribution in [3.8, 4) is 17.2 Å². The fourth-order valence-electron chi connectivity index (χ4n) is 2.84. The standard InChI is InChI=1S/C21H27N3O4/c1-14-12-16(25)13-18(26)19(14)21(27)24-10-4-2-3-5-11-28-17-8-6-15(7-9-17)20(22)23/h6-9,12-13,25-26H,2-5,10-11H2,1H3,(H3,22,23)(H,24,27). The highest BCUT2D eigenvalue weighted by molar-refractivity contribution is 5.98. The highest BCUT2D eigenvalue weighted by Crippen LogP contribution is 2.26.